The number of ether oxygens (including phenoxy) is 1. The number of oxime groups is 1. The fraction of sp³-hybridized carbons (Fsp3) is 0.350. The van der Waals surface area contributed by atoms with Crippen molar-refractivity contribution in [1.82, 2.24) is 0 Å². The Morgan fingerprint density at radius 2 is 2.03 bits per heavy atom. The highest BCUT2D eigenvalue weighted by molar-refractivity contribution is 6.43. The predicted octanol–water partition coefficient (Wildman–Crippen LogP) is 1.10. The Morgan fingerprint density at radius 3 is 2.79 bits per heavy atom. The van der Waals surface area contributed by atoms with Crippen molar-refractivity contribution in [1.29, 1.82) is 0 Å². The Bertz CT molecular complexity index is 1090. The number of aryl methyl sites for hydroxylation is 1. The topological polar surface area (TPSA) is 131 Å². The Labute approximate surface area is 165 Å². The van der Waals surface area contributed by atoms with Crippen LogP contribution in [-0.4, -0.2) is 47.3 Å². The number of anilines is 1. The van der Waals surface area contributed by atoms with Crippen molar-refractivity contribution in [2.45, 2.75) is 31.7 Å². The summed E-state index contributed by atoms with van der Waals surface area (Å²) >= 11 is 0. The zero-order chi connectivity index (χ0) is 20.7. The summed E-state index contributed by atoms with van der Waals surface area (Å²) in [7, 11) is 1.48. The number of fused-ring (bicyclic) bond motifs is 2. The number of rotatable bonds is 3. The van der Waals surface area contributed by atoms with Gasteiger partial charge in [0.25, 0.3) is 5.91 Å². The maximum atomic E-state index is 12.6. The van der Waals surface area contributed by atoms with Crippen molar-refractivity contribution in [2.75, 3.05) is 12.4 Å². The Kier molecular flexibility index (Phi) is 4.85. The van der Waals surface area contributed by atoms with Gasteiger partial charge in [0.1, 0.15) is 17.5 Å². The normalized spacial score (nSPS) is 25.7. The molecule has 4 atom stereocenters. The number of aliphatic hydroxyl groups is 2. The minimum Gasteiger partial charge on any atom is -0.493 e. The second kappa shape index (κ2) is 7.34. The maximum Gasteiger partial charge on any atom is 0.360 e. The highest BCUT2D eigenvalue weighted by atomic mass is 16.6. The first-order valence-corrected chi connectivity index (χ1v) is 9.09. The van der Waals surface area contributed by atoms with Crippen LogP contribution in [0.25, 0.3) is 11.0 Å². The highest BCUT2D eigenvalue weighted by Gasteiger charge is 2.41. The van der Waals surface area contributed by atoms with Crippen LogP contribution in [0.2, 0.25) is 0 Å². The molecule has 9 heteroatoms. The van der Waals surface area contributed by atoms with Gasteiger partial charge in [-0.15, -0.1) is 0 Å². The first-order valence-electron chi connectivity index (χ1n) is 9.09. The molecule has 1 aliphatic heterocycles. The summed E-state index contributed by atoms with van der Waals surface area (Å²) in [5.41, 5.74) is 0.324. The molecule has 9 nitrogen and oxygen atoms in total. The zero-order valence-electron chi connectivity index (χ0n) is 15.8. The molecule has 0 fully saturated rings. The van der Waals surface area contributed by atoms with E-state index in [-0.39, 0.29) is 17.8 Å². The van der Waals surface area contributed by atoms with E-state index in [0.29, 0.717) is 16.7 Å². The molecular formula is C20H20N2O7. The lowest BCUT2D eigenvalue weighted by Gasteiger charge is -2.36. The molecule has 0 saturated carbocycles. The second-order valence-corrected chi connectivity index (χ2v) is 7.08. The van der Waals surface area contributed by atoms with E-state index in [1.165, 1.54) is 25.3 Å². The van der Waals surface area contributed by atoms with Crippen LogP contribution in [0.1, 0.15) is 12.0 Å². The molecule has 0 bridgehead atoms. The van der Waals surface area contributed by atoms with Crippen LogP contribution >= 0.6 is 0 Å². The SMILES string of the molecule is COc1c(C)ccc2cc(NC(=O)C3=NO[C@@H]4[C@H](C3)[C@H](O)C=C[C@H]4O)c(=O)oc12. The fourth-order valence-electron chi connectivity index (χ4n) is 3.62. The molecule has 0 radical (unpaired) electrons. The van der Waals surface area contributed by atoms with Crippen molar-refractivity contribution in [2.24, 2.45) is 11.1 Å². The van der Waals surface area contributed by atoms with E-state index in [0.717, 1.165) is 5.56 Å². The molecule has 0 saturated heterocycles. The van der Waals surface area contributed by atoms with Crippen LogP contribution in [0.5, 0.6) is 5.75 Å². The third-order valence-corrected chi connectivity index (χ3v) is 5.18. The highest BCUT2D eigenvalue weighted by Crippen LogP contribution is 2.31. The lowest BCUT2D eigenvalue weighted by Crippen LogP contribution is -2.47. The lowest BCUT2D eigenvalue weighted by atomic mass is 9.82. The van der Waals surface area contributed by atoms with E-state index in [4.69, 9.17) is 14.0 Å². The van der Waals surface area contributed by atoms with E-state index < -0.39 is 35.8 Å². The van der Waals surface area contributed by atoms with E-state index >= 15 is 0 Å². The summed E-state index contributed by atoms with van der Waals surface area (Å²) in [5, 5.41) is 26.9. The summed E-state index contributed by atoms with van der Waals surface area (Å²) in [6.07, 6.45) is 0.468. The number of amides is 1. The van der Waals surface area contributed by atoms with Crippen LogP contribution in [0.15, 0.2) is 44.7 Å². The number of benzene rings is 1. The number of hydrogen-bond donors (Lipinski definition) is 3. The molecule has 0 spiro atoms. The fourth-order valence-corrected chi connectivity index (χ4v) is 3.62. The first-order chi connectivity index (χ1) is 13.9. The first kappa shape index (κ1) is 19.2. The van der Waals surface area contributed by atoms with Gasteiger partial charge in [0, 0.05) is 17.7 Å². The average molecular weight is 400 g/mol. The summed E-state index contributed by atoms with van der Waals surface area (Å²) in [6.45, 7) is 1.83. The number of carbonyl (C=O) groups is 1. The van der Waals surface area contributed by atoms with Crippen LogP contribution in [-0.2, 0) is 9.63 Å². The number of carbonyl (C=O) groups excluding carboxylic acids is 1. The maximum absolute atomic E-state index is 12.6. The molecule has 4 rings (SSSR count). The molecule has 1 aliphatic carbocycles. The van der Waals surface area contributed by atoms with Gasteiger partial charge in [0.15, 0.2) is 17.4 Å². The zero-order valence-corrected chi connectivity index (χ0v) is 15.8. The number of nitrogens with one attached hydrogen (secondary N) is 1. The molecule has 1 aromatic heterocycles. The van der Waals surface area contributed by atoms with Crippen LogP contribution in [0, 0.1) is 12.8 Å². The van der Waals surface area contributed by atoms with Gasteiger partial charge >= 0.3 is 5.63 Å². The molecule has 2 aromatic rings. The summed E-state index contributed by atoms with van der Waals surface area (Å²) in [6, 6.07) is 5.06. The molecule has 1 aromatic carbocycles. The van der Waals surface area contributed by atoms with Gasteiger partial charge in [-0.3, -0.25) is 4.79 Å². The van der Waals surface area contributed by atoms with Gasteiger partial charge in [-0.2, -0.15) is 0 Å². The number of methoxy groups -OCH3 is 1. The molecule has 152 valence electrons. The lowest BCUT2D eigenvalue weighted by molar-refractivity contribution is -0.113. The Hall–Kier alpha value is -3.17. The molecule has 29 heavy (non-hydrogen) atoms. The minimum atomic E-state index is -0.914. The molecule has 3 N–H and O–H groups in total. The average Bonchev–Trinajstić information content (AvgIpc) is 2.71. The van der Waals surface area contributed by atoms with Crippen molar-refractivity contribution in [3.63, 3.8) is 0 Å². The Balaban J connectivity index is 1.59. The Morgan fingerprint density at radius 1 is 1.28 bits per heavy atom. The van der Waals surface area contributed by atoms with Gasteiger partial charge < -0.3 is 29.5 Å². The summed E-state index contributed by atoms with van der Waals surface area (Å²) in [5.74, 6) is -0.717. The molecule has 2 aliphatic rings. The van der Waals surface area contributed by atoms with Gasteiger partial charge in [0.05, 0.1) is 13.2 Å². The molecular weight excluding hydrogens is 380 g/mol. The second-order valence-electron chi connectivity index (χ2n) is 7.08. The molecule has 0 unspecified atom stereocenters. The predicted molar refractivity (Wildman–Crippen MR) is 104 cm³/mol. The van der Waals surface area contributed by atoms with Gasteiger partial charge in [-0.25, -0.2) is 4.79 Å². The standard InChI is InChI=1S/C20H20N2O7/c1-9-3-4-10-7-13(20(26)28-17(10)16(9)27-2)21-19(25)12-8-11-14(23)5-6-15(24)18(11)29-22-12/h3-7,11,14-15,18,23-24H,8H2,1-2H3,(H,21,25)/t11-,14-,15-,18-/m1/s1. The smallest absolute Gasteiger partial charge is 0.360 e. The summed E-state index contributed by atoms with van der Waals surface area (Å²) in [4.78, 5) is 30.2. The third kappa shape index (κ3) is 3.39. The van der Waals surface area contributed by atoms with E-state index in [2.05, 4.69) is 10.5 Å². The molecule has 2 heterocycles. The van der Waals surface area contributed by atoms with Gasteiger partial charge in [-0.05, 0) is 18.6 Å². The summed E-state index contributed by atoms with van der Waals surface area (Å²) < 4.78 is 10.6. The number of hydrogen-bond acceptors (Lipinski definition) is 8. The van der Waals surface area contributed by atoms with Gasteiger partial charge in [0.2, 0.25) is 0 Å². The van der Waals surface area contributed by atoms with Gasteiger partial charge in [-0.1, -0.05) is 29.4 Å². The van der Waals surface area contributed by atoms with E-state index in [1.54, 1.807) is 6.07 Å². The number of aliphatic hydroxyl groups excluding tert-OH is 2. The monoisotopic (exact) mass is 400 g/mol. The molecule has 1 amide bonds. The van der Waals surface area contributed by atoms with E-state index in [1.807, 2.05) is 13.0 Å². The van der Waals surface area contributed by atoms with Crippen LogP contribution in [0.3, 0.4) is 0 Å². The van der Waals surface area contributed by atoms with Crippen LogP contribution < -0.4 is 15.7 Å². The van der Waals surface area contributed by atoms with Crippen molar-refractivity contribution in [3.05, 3.63) is 46.3 Å². The van der Waals surface area contributed by atoms with Crippen LogP contribution in [0.4, 0.5) is 5.69 Å². The largest absolute Gasteiger partial charge is 0.493 e. The van der Waals surface area contributed by atoms with Crippen molar-refractivity contribution >= 4 is 28.3 Å². The van der Waals surface area contributed by atoms with Crippen molar-refractivity contribution < 1.29 is 29.0 Å². The third-order valence-electron chi connectivity index (χ3n) is 5.18. The quantitative estimate of drug-likeness (QED) is 0.519. The van der Waals surface area contributed by atoms with Crippen molar-refractivity contribution in [3.8, 4) is 5.75 Å². The minimum absolute atomic E-state index is 0.00813. The number of nitrogens with zero attached hydrogens (tertiary/aromatic N) is 1. The van der Waals surface area contributed by atoms with E-state index in [9.17, 15) is 19.8 Å².